The average Bonchev–Trinajstić information content (AvgIpc) is 2.30. The summed E-state index contributed by atoms with van der Waals surface area (Å²) in [6.07, 6.45) is 0. The van der Waals surface area contributed by atoms with Crippen LogP contribution >= 0.6 is 0 Å². The van der Waals surface area contributed by atoms with E-state index in [1.807, 2.05) is 6.92 Å². The van der Waals surface area contributed by atoms with Crippen molar-refractivity contribution in [3.05, 3.63) is 35.9 Å². The number of likely N-dealkylation sites (N-methyl/N-ethyl adjacent to an activating group) is 1. The Kier molecular flexibility index (Phi) is 6.05. The van der Waals surface area contributed by atoms with Gasteiger partial charge in [0, 0.05) is 19.1 Å². The van der Waals surface area contributed by atoms with E-state index in [0.717, 1.165) is 26.3 Å². The standard InChI is InChI=1S/C13H21NO/c1-3-14-10-13(11-15-4-2)12-8-6-5-7-9-12/h5-9,13-14H,3-4,10-11H2,1-2H3. The highest BCUT2D eigenvalue weighted by molar-refractivity contribution is 5.19. The van der Waals surface area contributed by atoms with Gasteiger partial charge < -0.3 is 10.1 Å². The lowest BCUT2D eigenvalue weighted by molar-refractivity contribution is 0.131. The molecule has 0 saturated carbocycles. The van der Waals surface area contributed by atoms with Crippen LogP contribution in [0.1, 0.15) is 25.3 Å². The zero-order valence-electron chi connectivity index (χ0n) is 9.70. The molecule has 0 aliphatic rings. The van der Waals surface area contributed by atoms with Gasteiger partial charge in [-0.2, -0.15) is 0 Å². The van der Waals surface area contributed by atoms with Crippen molar-refractivity contribution in [3.63, 3.8) is 0 Å². The van der Waals surface area contributed by atoms with Crippen LogP contribution in [-0.2, 0) is 4.74 Å². The maximum absolute atomic E-state index is 5.51. The van der Waals surface area contributed by atoms with Crippen LogP contribution in [0.2, 0.25) is 0 Å². The van der Waals surface area contributed by atoms with E-state index in [9.17, 15) is 0 Å². The summed E-state index contributed by atoms with van der Waals surface area (Å²) in [5, 5.41) is 3.38. The molecule has 1 atom stereocenters. The molecular formula is C13H21NO. The van der Waals surface area contributed by atoms with E-state index in [1.165, 1.54) is 5.56 Å². The molecule has 0 heterocycles. The third-order valence-electron chi connectivity index (χ3n) is 2.43. The molecule has 0 spiro atoms. The van der Waals surface area contributed by atoms with E-state index >= 15 is 0 Å². The molecular weight excluding hydrogens is 186 g/mol. The van der Waals surface area contributed by atoms with Crippen molar-refractivity contribution >= 4 is 0 Å². The molecule has 0 aromatic heterocycles. The van der Waals surface area contributed by atoms with E-state index in [2.05, 4.69) is 42.6 Å². The van der Waals surface area contributed by atoms with Crippen LogP contribution in [0.4, 0.5) is 0 Å². The molecule has 0 bridgehead atoms. The largest absolute Gasteiger partial charge is 0.381 e. The first-order valence-corrected chi connectivity index (χ1v) is 5.71. The van der Waals surface area contributed by atoms with E-state index < -0.39 is 0 Å². The van der Waals surface area contributed by atoms with Crippen molar-refractivity contribution in [1.29, 1.82) is 0 Å². The van der Waals surface area contributed by atoms with E-state index in [4.69, 9.17) is 4.74 Å². The highest BCUT2D eigenvalue weighted by Gasteiger charge is 2.10. The first-order chi connectivity index (χ1) is 7.38. The maximum atomic E-state index is 5.51. The summed E-state index contributed by atoms with van der Waals surface area (Å²) in [6, 6.07) is 10.6. The monoisotopic (exact) mass is 207 g/mol. The van der Waals surface area contributed by atoms with Crippen LogP contribution in [0.15, 0.2) is 30.3 Å². The van der Waals surface area contributed by atoms with Gasteiger partial charge in [-0.3, -0.25) is 0 Å². The minimum Gasteiger partial charge on any atom is -0.381 e. The zero-order valence-corrected chi connectivity index (χ0v) is 9.70. The third-order valence-corrected chi connectivity index (χ3v) is 2.43. The van der Waals surface area contributed by atoms with Crippen LogP contribution in [-0.4, -0.2) is 26.3 Å². The number of rotatable bonds is 7. The van der Waals surface area contributed by atoms with E-state index in [0.29, 0.717) is 5.92 Å². The topological polar surface area (TPSA) is 21.3 Å². The van der Waals surface area contributed by atoms with Crippen molar-refractivity contribution in [1.82, 2.24) is 5.32 Å². The molecule has 1 aromatic carbocycles. The van der Waals surface area contributed by atoms with Gasteiger partial charge in [0.05, 0.1) is 6.61 Å². The lowest BCUT2D eigenvalue weighted by atomic mass is 10.00. The Morgan fingerprint density at radius 2 is 1.93 bits per heavy atom. The Morgan fingerprint density at radius 3 is 2.53 bits per heavy atom. The van der Waals surface area contributed by atoms with Gasteiger partial charge in [-0.15, -0.1) is 0 Å². The molecule has 2 heteroatoms. The van der Waals surface area contributed by atoms with Crippen LogP contribution in [0.25, 0.3) is 0 Å². The van der Waals surface area contributed by atoms with Crippen molar-refractivity contribution in [2.24, 2.45) is 0 Å². The number of ether oxygens (including phenoxy) is 1. The Hall–Kier alpha value is -0.860. The summed E-state index contributed by atoms with van der Waals surface area (Å²) in [5.41, 5.74) is 1.35. The fourth-order valence-corrected chi connectivity index (χ4v) is 1.58. The van der Waals surface area contributed by atoms with Gasteiger partial charge in [-0.05, 0) is 19.0 Å². The number of hydrogen-bond acceptors (Lipinski definition) is 2. The smallest absolute Gasteiger partial charge is 0.0546 e. The molecule has 15 heavy (non-hydrogen) atoms. The van der Waals surface area contributed by atoms with Crippen molar-refractivity contribution < 1.29 is 4.74 Å². The molecule has 1 rings (SSSR count). The predicted octanol–water partition coefficient (Wildman–Crippen LogP) is 2.42. The average molecular weight is 207 g/mol. The zero-order chi connectivity index (χ0) is 10.9. The van der Waals surface area contributed by atoms with Crippen molar-refractivity contribution in [3.8, 4) is 0 Å². The molecule has 1 unspecified atom stereocenters. The number of benzene rings is 1. The van der Waals surface area contributed by atoms with Crippen LogP contribution < -0.4 is 5.32 Å². The Bertz CT molecular complexity index is 240. The van der Waals surface area contributed by atoms with Gasteiger partial charge in [0.2, 0.25) is 0 Å². The molecule has 0 saturated heterocycles. The second kappa shape index (κ2) is 7.43. The quantitative estimate of drug-likeness (QED) is 0.741. The van der Waals surface area contributed by atoms with E-state index in [1.54, 1.807) is 0 Å². The minimum atomic E-state index is 0.464. The SMILES string of the molecule is CCNCC(COCC)c1ccccc1. The van der Waals surface area contributed by atoms with Crippen LogP contribution in [0.5, 0.6) is 0 Å². The lowest BCUT2D eigenvalue weighted by Crippen LogP contribution is -2.24. The molecule has 0 amide bonds. The maximum Gasteiger partial charge on any atom is 0.0546 e. The van der Waals surface area contributed by atoms with Gasteiger partial charge >= 0.3 is 0 Å². The fourth-order valence-electron chi connectivity index (χ4n) is 1.58. The van der Waals surface area contributed by atoms with E-state index in [-0.39, 0.29) is 0 Å². The summed E-state index contributed by atoms with van der Waals surface area (Å²) >= 11 is 0. The second-order valence-electron chi connectivity index (χ2n) is 3.57. The Morgan fingerprint density at radius 1 is 1.20 bits per heavy atom. The molecule has 0 aliphatic heterocycles. The first kappa shape index (κ1) is 12.2. The highest BCUT2D eigenvalue weighted by atomic mass is 16.5. The molecule has 0 aliphatic carbocycles. The Labute approximate surface area is 92.6 Å². The third kappa shape index (κ3) is 4.45. The van der Waals surface area contributed by atoms with Gasteiger partial charge in [0.25, 0.3) is 0 Å². The molecule has 0 radical (unpaired) electrons. The van der Waals surface area contributed by atoms with Crippen LogP contribution in [0.3, 0.4) is 0 Å². The van der Waals surface area contributed by atoms with Gasteiger partial charge in [0.15, 0.2) is 0 Å². The molecule has 84 valence electrons. The van der Waals surface area contributed by atoms with Gasteiger partial charge in [-0.1, -0.05) is 37.3 Å². The first-order valence-electron chi connectivity index (χ1n) is 5.71. The summed E-state index contributed by atoms with van der Waals surface area (Å²) in [5.74, 6) is 0.464. The molecule has 1 N–H and O–H groups in total. The summed E-state index contributed by atoms with van der Waals surface area (Å²) in [4.78, 5) is 0. The molecule has 0 fully saturated rings. The fraction of sp³-hybridized carbons (Fsp3) is 0.538. The number of hydrogen-bond donors (Lipinski definition) is 1. The summed E-state index contributed by atoms with van der Waals surface area (Å²) in [7, 11) is 0. The Balaban J connectivity index is 2.55. The number of nitrogens with one attached hydrogen (secondary N) is 1. The predicted molar refractivity (Wildman–Crippen MR) is 64.2 cm³/mol. The van der Waals surface area contributed by atoms with Gasteiger partial charge in [-0.25, -0.2) is 0 Å². The minimum absolute atomic E-state index is 0.464. The van der Waals surface area contributed by atoms with Gasteiger partial charge in [0.1, 0.15) is 0 Å². The van der Waals surface area contributed by atoms with Crippen molar-refractivity contribution in [2.45, 2.75) is 19.8 Å². The summed E-state index contributed by atoms with van der Waals surface area (Å²) in [6.45, 7) is 7.75. The normalized spacial score (nSPS) is 12.7. The van der Waals surface area contributed by atoms with Crippen LogP contribution in [0, 0.1) is 0 Å². The summed E-state index contributed by atoms with van der Waals surface area (Å²) < 4.78 is 5.51. The lowest BCUT2D eigenvalue weighted by Gasteiger charge is -2.17. The second-order valence-corrected chi connectivity index (χ2v) is 3.57. The molecule has 1 aromatic rings. The van der Waals surface area contributed by atoms with Crippen molar-refractivity contribution in [2.75, 3.05) is 26.3 Å². The molecule has 2 nitrogen and oxygen atoms in total. The highest BCUT2D eigenvalue weighted by Crippen LogP contribution is 2.14.